The fraction of sp³-hybridized carbons (Fsp3) is 0. The SMILES string of the molecule is c1ccc(-c2cc(-c3ccccc3)cc(-n3c4ccc(-c5ccc6c(c5)c5ccccc5n6-c5ccccc5)cc4c4ccncc43)c2)cc1.c1ccc(-c2cc(-c3ccccc3)nc(-n3c4ccc(-c5ccc6c(c5)c5ccccc5n6-c5ccccc5)cc4c4ccncc43)c2)cc1.c1ccc(-c2cc(-c3ccccc3)nc(-n3c4ccc(-c5ccc6c(c5)c5ccccc5n6-c5ccccc5)cc4c4ccncc43)n2)cc1. The molecular formula is C138H90N12. The van der Waals surface area contributed by atoms with Gasteiger partial charge in [0.05, 0.1) is 102 Å². The average Bonchev–Trinajstić information content (AvgIpc) is 1.58. The van der Waals surface area contributed by atoms with Crippen LogP contribution in [0.15, 0.2) is 547 Å². The molecule has 0 atom stereocenters. The van der Waals surface area contributed by atoms with Crippen molar-refractivity contribution in [3.05, 3.63) is 547 Å². The van der Waals surface area contributed by atoms with Gasteiger partial charge >= 0.3 is 0 Å². The highest BCUT2D eigenvalue weighted by atomic mass is 15.2. The highest BCUT2D eigenvalue weighted by molar-refractivity contribution is 6.17. The molecule has 0 aliphatic rings. The Hall–Kier alpha value is -20.3. The van der Waals surface area contributed by atoms with Gasteiger partial charge in [-0.1, -0.05) is 328 Å². The number of rotatable bonds is 15. The molecule has 150 heavy (non-hydrogen) atoms. The number of hydrogen-bond acceptors (Lipinski definition) is 6. The monoisotopic (exact) mass is 1910 g/mol. The highest BCUT2D eigenvalue weighted by Gasteiger charge is 2.26. The van der Waals surface area contributed by atoms with Crippen molar-refractivity contribution in [1.82, 2.24) is 57.3 Å². The third-order valence-corrected chi connectivity index (χ3v) is 29.4. The van der Waals surface area contributed by atoms with Crippen molar-refractivity contribution in [3.8, 4) is 135 Å². The molecule has 12 heteroatoms. The topological polar surface area (TPSA) is 107 Å². The van der Waals surface area contributed by atoms with Gasteiger partial charge in [0.25, 0.3) is 0 Å². The van der Waals surface area contributed by atoms with E-state index in [1.165, 1.54) is 137 Å². The molecule has 0 bridgehead atoms. The number of aromatic nitrogens is 12. The van der Waals surface area contributed by atoms with E-state index in [-0.39, 0.29) is 0 Å². The van der Waals surface area contributed by atoms with Crippen LogP contribution >= 0.6 is 0 Å². The number of hydrogen-bond donors (Lipinski definition) is 0. The van der Waals surface area contributed by atoms with Crippen LogP contribution in [0.4, 0.5) is 0 Å². The van der Waals surface area contributed by atoms with Crippen LogP contribution in [0, 0.1) is 0 Å². The molecule has 0 radical (unpaired) electrons. The lowest BCUT2D eigenvalue weighted by Gasteiger charge is -2.14. The van der Waals surface area contributed by atoms with Crippen molar-refractivity contribution in [2.75, 3.05) is 0 Å². The maximum Gasteiger partial charge on any atom is 0.235 e. The molecule has 0 saturated carbocycles. The maximum absolute atomic E-state index is 5.28. The zero-order valence-electron chi connectivity index (χ0n) is 81.3. The minimum atomic E-state index is 0.612. The Morgan fingerprint density at radius 3 is 0.693 bits per heavy atom. The molecule has 0 amide bonds. The van der Waals surface area contributed by atoms with Gasteiger partial charge in [-0.15, -0.1) is 0 Å². The van der Waals surface area contributed by atoms with Crippen molar-refractivity contribution in [1.29, 1.82) is 0 Å². The lowest BCUT2D eigenvalue weighted by molar-refractivity contribution is 0.993. The molecule has 19 aromatic carbocycles. The molecule has 30 rings (SSSR count). The van der Waals surface area contributed by atoms with Crippen LogP contribution in [-0.4, -0.2) is 57.3 Å². The van der Waals surface area contributed by atoms with E-state index in [0.29, 0.717) is 5.95 Å². The first-order valence-corrected chi connectivity index (χ1v) is 50.7. The second kappa shape index (κ2) is 37.1. The second-order valence-electron chi connectivity index (χ2n) is 38.1. The van der Waals surface area contributed by atoms with E-state index in [2.05, 4.69) is 509 Å². The van der Waals surface area contributed by atoms with Crippen LogP contribution in [0.25, 0.3) is 266 Å². The Bertz CT molecular complexity index is 9320. The Morgan fingerprint density at radius 1 is 0.127 bits per heavy atom. The number of pyridine rings is 4. The highest BCUT2D eigenvalue weighted by Crippen LogP contribution is 2.46. The van der Waals surface area contributed by atoms with Gasteiger partial charge in [-0.3, -0.25) is 24.1 Å². The quantitative estimate of drug-likeness (QED) is 0.101. The molecule has 0 aliphatic heterocycles. The van der Waals surface area contributed by atoms with E-state index >= 15 is 0 Å². The normalized spacial score (nSPS) is 11.6. The van der Waals surface area contributed by atoms with Crippen LogP contribution in [0.5, 0.6) is 0 Å². The zero-order chi connectivity index (χ0) is 99.1. The van der Waals surface area contributed by atoms with Crippen LogP contribution in [0.1, 0.15) is 0 Å². The maximum atomic E-state index is 5.28. The average molecular weight is 1920 g/mol. The van der Waals surface area contributed by atoms with Crippen molar-refractivity contribution in [2.45, 2.75) is 0 Å². The van der Waals surface area contributed by atoms with Gasteiger partial charge in [-0.25, -0.2) is 15.0 Å². The molecule has 11 aromatic heterocycles. The minimum Gasteiger partial charge on any atom is -0.309 e. The number of nitrogens with zero attached hydrogens (tertiary/aromatic N) is 12. The Morgan fingerprint density at radius 2 is 0.367 bits per heavy atom. The molecule has 0 N–H and O–H groups in total. The molecule has 0 spiro atoms. The first kappa shape index (κ1) is 87.5. The van der Waals surface area contributed by atoms with Gasteiger partial charge in [0.15, 0.2) is 0 Å². The molecule has 11 heterocycles. The Labute approximate surface area is 863 Å². The first-order valence-electron chi connectivity index (χ1n) is 50.7. The molecule has 0 unspecified atom stereocenters. The summed E-state index contributed by atoms with van der Waals surface area (Å²) in [6, 6.07) is 181. The fourth-order valence-corrected chi connectivity index (χ4v) is 22.5. The van der Waals surface area contributed by atoms with E-state index < -0.39 is 0 Å². The molecule has 0 aliphatic carbocycles. The van der Waals surface area contributed by atoms with Crippen molar-refractivity contribution in [3.63, 3.8) is 0 Å². The molecular weight excluding hydrogens is 1830 g/mol. The number of para-hydroxylation sites is 6. The Balaban J connectivity index is 0.000000108. The summed E-state index contributed by atoms with van der Waals surface area (Å²) in [5.41, 5.74) is 38.1. The summed E-state index contributed by atoms with van der Waals surface area (Å²) in [7, 11) is 0. The summed E-state index contributed by atoms with van der Waals surface area (Å²) in [6.07, 6.45) is 11.5. The van der Waals surface area contributed by atoms with Crippen LogP contribution < -0.4 is 0 Å². The van der Waals surface area contributed by atoms with E-state index in [0.717, 1.165) is 123 Å². The molecule has 30 aromatic rings. The number of fused-ring (bicyclic) bond motifs is 18. The summed E-state index contributed by atoms with van der Waals surface area (Å²) < 4.78 is 13.9. The molecule has 12 nitrogen and oxygen atoms in total. The summed E-state index contributed by atoms with van der Waals surface area (Å²) >= 11 is 0. The van der Waals surface area contributed by atoms with E-state index in [1.807, 2.05) is 79.6 Å². The van der Waals surface area contributed by atoms with E-state index in [1.54, 1.807) is 0 Å². The van der Waals surface area contributed by atoms with Gasteiger partial charge in [0, 0.05) is 123 Å². The summed E-state index contributed by atoms with van der Waals surface area (Å²) in [5, 5.41) is 14.4. The van der Waals surface area contributed by atoms with Gasteiger partial charge in [0.1, 0.15) is 5.82 Å². The zero-order valence-corrected chi connectivity index (χ0v) is 81.3. The first-order chi connectivity index (χ1) is 74.4. The second-order valence-corrected chi connectivity index (χ2v) is 38.1. The smallest absolute Gasteiger partial charge is 0.235 e. The Kier molecular flexibility index (Phi) is 21.6. The largest absolute Gasteiger partial charge is 0.309 e. The molecule has 0 saturated heterocycles. The van der Waals surface area contributed by atoms with Crippen LogP contribution in [-0.2, 0) is 0 Å². The van der Waals surface area contributed by atoms with E-state index in [9.17, 15) is 0 Å². The van der Waals surface area contributed by atoms with Crippen molar-refractivity contribution < 1.29 is 0 Å². The fourth-order valence-electron chi connectivity index (χ4n) is 22.5. The van der Waals surface area contributed by atoms with Gasteiger partial charge in [-0.2, -0.15) is 0 Å². The van der Waals surface area contributed by atoms with E-state index in [4.69, 9.17) is 15.0 Å². The predicted molar refractivity (Wildman–Crippen MR) is 621 cm³/mol. The summed E-state index contributed by atoms with van der Waals surface area (Å²) in [4.78, 5) is 29.3. The molecule has 0 fully saturated rings. The van der Waals surface area contributed by atoms with Gasteiger partial charge in [0.2, 0.25) is 5.95 Å². The van der Waals surface area contributed by atoms with Crippen LogP contribution in [0.2, 0.25) is 0 Å². The summed E-state index contributed by atoms with van der Waals surface area (Å²) in [5.74, 6) is 1.47. The summed E-state index contributed by atoms with van der Waals surface area (Å²) in [6.45, 7) is 0. The van der Waals surface area contributed by atoms with Crippen molar-refractivity contribution >= 4 is 131 Å². The molecule has 702 valence electrons. The third-order valence-electron chi connectivity index (χ3n) is 29.4. The minimum absolute atomic E-state index is 0.612. The van der Waals surface area contributed by atoms with Crippen LogP contribution in [0.3, 0.4) is 0 Å². The lowest BCUT2D eigenvalue weighted by atomic mass is 9.98. The van der Waals surface area contributed by atoms with Crippen molar-refractivity contribution in [2.24, 2.45) is 0 Å². The predicted octanol–water partition coefficient (Wildman–Crippen LogP) is 35.0. The number of benzene rings is 19. The third kappa shape index (κ3) is 15.5. The van der Waals surface area contributed by atoms with Gasteiger partial charge < -0.3 is 18.3 Å². The standard InChI is InChI=1S/C47H31N3.C46H30N4.C45H29N5/c1-4-12-32(13-5-1)36-26-37(33-14-6-2-7-15-33)28-39(27-36)50-46-23-21-35(30-43(46)41-24-25-48-31-47(41)50)34-20-22-45-42(29-34)40-18-10-11-19-44(40)49(45)38-16-8-3-9-17-38;1-4-12-31(13-5-1)35-28-41(32-14-6-2-7-15-32)48-46(29-35)50-44-23-21-34(27-40(44)38-24-25-47-30-45(38)50)33-20-22-43-39(26-33)37-18-10-11-19-42(37)49(43)36-16-8-3-9-17-36;1-4-12-30(13-5-1)39-28-40(31-14-6-2-7-15-31)48-45(47-39)50-43-23-21-33(27-38(43)36-24-25-46-29-44(36)50)32-20-22-42-37(26-32)35-18-10-11-19-41(35)49(42)34-16-8-3-9-17-34/h1-31H;1-30H;1-29H. The van der Waals surface area contributed by atoms with Gasteiger partial charge in [-0.05, 0) is 249 Å². The lowest BCUT2D eigenvalue weighted by Crippen LogP contribution is -2.04.